The van der Waals surface area contributed by atoms with Crippen LogP contribution < -0.4 is 11.3 Å². The minimum atomic E-state index is -2.91. The second-order valence-electron chi connectivity index (χ2n) is 2.05. The van der Waals surface area contributed by atoms with E-state index in [0.717, 1.165) is 0 Å². The molecule has 0 aromatic heterocycles. The van der Waals surface area contributed by atoms with E-state index in [2.05, 4.69) is 5.43 Å². The number of rotatable bonds is 3. The highest BCUT2D eigenvalue weighted by Crippen LogP contribution is 1.93. The lowest BCUT2D eigenvalue weighted by Crippen LogP contribution is -2.34. The number of hydrogen-bond donors (Lipinski definition) is 2. The fourth-order valence-electron chi connectivity index (χ4n) is 0.317. The summed E-state index contributed by atoms with van der Waals surface area (Å²) in [5.74, 6) is 4.91. The Morgan fingerprint density at radius 3 is 2.22 bits per heavy atom. The molecule has 56 valence electrons. The molecule has 0 aromatic carbocycles. The number of nitrogens with one attached hydrogen (secondary N) is 1. The van der Waals surface area contributed by atoms with Crippen molar-refractivity contribution in [2.75, 3.05) is 12.8 Å². The predicted octanol–water partition coefficient (Wildman–Crippen LogP) is -1.12. The van der Waals surface area contributed by atoms with Crippen molar-refractivity contribution in [3.63, 3.8) is 0 Å². The summed E-state index contributed by atoms with van der Waals surface area (Å²) in [6, 6.07) is 0. The van der Waals surface area contributed by atoms with E-state index in [1.165, 1.54) is 6.26 Å². The van der Waals surface area contributed by atoms with Crippen molar-refractivity contribution >= 4 is 9.84 Å². The van der Waals surface area contributed by atoms with Crippen LogP contribution in [0.4, 0.5) is 0 Å². The quantitative estimate of drug-likeness (QED) is 0.397. The zero-order chi connectivity index (χ0) is 7.49. The first-order valence-electron chi connectivity index (χ1n) is 2.61. The summed E-state index contributed by atoms with van der Waals surface area (Å²) in [5, 5.41) is -0.400. The van der Waals surface area contributed by atoms with Gasteiger partial charge in [-0.2, -0.15) is 0 Å². The summed E-state index contributed by atoms with van der Waals surface area (Å²) in [4.78, 5) is 0. The van der Waals surface area contributed by atoms with Crippen LogP contribution in [-0.4, -0.2) is 26.5 Å². The third-order valence-electron chi connectivity index (χ3n) is 1.14. The lowest BCUT2D eigenvalue weighted by Gasteiger charge is -2.06. The highest BCUT2D eigenvalue weighted by Gasteiger charge is 2.12. The molecule has 0 aliphatic heterocycles. The van der Waals surface area contributed by atoms with Crippen molar-refractivity contribution in [1.82, 2.24) is 5.43 Å². The Morgan fingerprint density at radius 2 is 2.11 bits per heavy atom. The first-order valence-corrected chi connectivity index (χ1v) is 4.56. The van der Waals surface area contributed by atoms with Gasteiger partial charge >= 0.3 is 0 Å². The van der Waals surface area contributed by atoms with Crippen LogP contribution in [0.2, 0.25) is 0 Å². The molecular weight excluding hydrogens is 140 g/mol. The van der Waals surface area contributed by atoms with Gasteiger partial charge in [-0.3, -0.25) is 11.3 Å². The first-order chi connectivity index (χ1) is 3.98. The maximum absolute atomic E-state index is 10.6. The third-order valence-corrected chi connectivity index (χ3v) is 2.76. The molecule has 0 saturated heterocycles. The SMILES string of the molecule is CC(CNN)S(C)(=O)=O. The lowest BCUT2D eigenvalue weighted by molar-refractivity contribution is 0.580. The van der Waals surface area contributed by atoms with Crippen molar-refractivity contribution in [2.24, 2.45) is 5.84 Å². The minimum Gasteiger partial charge on any atom is -0.271 e. The fourth-order valence-corrected chi connectivity index (χ4v) is 0.716. The largest absolute Gasteiger partial charge is 0.271 e. The lowest BCUT2D eigenvalue weighted by atomic mass is 10.5. The van der Waals surface area contributed by atoms with Gasteiger partial charge in [0.05, 0.1) is 5.25 Å². The topological polar surface area (TPSA) is 72.2 Å². The van der Waals surface area contributed by atoms with Gasteiger partial charge in [-0.1, -0.05) is 0 Å². The van der Waals surface area contributed by atoms with Crippen molar-refractivity contribution in [3.8, 4) is 0 Å². The highest BCUT2D eigenvalue weighted by atomic mass is 32.2. The van der Waals surface area contributed by atoms with Crippen LogP contribution in [0.1, 0.15) is 6.92 Å². The van der Waals surface area contributed by atoms with Crippen molar-refractivity contribution in [2.45, 2.75) is 12.2 Å². The van der Waals surface area contributed by atoms with Gasteiger partial charge in [0.1, 0.15) is 0 Å². The van der Waals surface area contributed by atoms with Gasteiger partial charge in [0.15, 0.2) is 9.84 Å². The smallest absolute Gasteiger partial charge is 0.151 e. The molecule has 0 aliphatic carbocycles. The van der Waals surface area contributed by atoms with Crippen LogP contribution in [-0.2, 0) is 9.84 Å². The maximum atomic E-state index is 10.6. The molecule has 0 radical (unpaired) electrons. The van der Waals surface area contributed by atoms with Gasteiger partial charge in [0.2, 0.25) is 0 Å². The summed E-state index contributed by atoms with van der Waals surface area (Å²) in [6.45, 7) is 1.91. The number of sulfone groups is 1. The van der Waals surface area contributed by atoms with E-state index in [1.54, 1.807) is 6.92 Å². The fraction of sp³-hybridized carbons (Fsp3) is 1.00. The summed E-state index contributed by atoms with van der Waals surface area (Å²) in [6.07, 6.45) is 1.19. The van der Waals surface area contributed by atoms with Crippen molar-refractivity contribution in [3.05, 3.63) is 0 Å². The Bertz CT molecular complexity index is 163. The maximum Gasteiger partial charge on any atom is 0.151 e. The molecule has 9 heavy (non-hydrogen) atoms. The summed E-state index contributed by atoms with van der Waals surface area (Å²) in [5.41, 5.74) is 2.29. The van der Waals surface area contributed by atoms with E-state index in [4.69, 9.17) is 5.84 Å². The number of hydrogen-bond acceptors (Lipinski definition) is 4. The molecule has 0 amide bonds. The zero-order valence-electron chi connectivity index (χ0n) is 5.59. The van der Waals surface area contributed by atoms with Crippen LogP contribution in [0.15, 0.2) is 0 Å². The molecule has 0 aromatic rings. The Balaban J connectivity index is 3.90. The molecule has 0 saturated carbocycles. The molecule has 0 rings (SSSR count). The molecule has 1 unspecified atom stereocenters. The molecule has 5 heteroatoms. The standard InChI is InChI=1S/C4H12N2O2S/c1-4(3-6-5)9(2,7)8/h4,6H,3,5H2,1-2H3. The van der Waals surface area contributed by atoms with E-state index in [1.807, 2.05) is 0 Å². The van der Waals surface area contributed by atoms with Crippen LogP contribution in [0.3, 0.4) is 0 Å². The average molecular weight is 152 g/mol. The molecular formula is C4H12N2O2S. The highest BCUT2D eigenvalue weighted by molar-refractivity contribution is 7.91. The molecule has 1 atom stereocenters. The van der Waals surface area contributed by atoms with Gasteiger partial charge in [0, 0.05) is 12.8 Å². The third kappa shape index (κ3) is 3.45. The van der Waals surface area contributed by atoms with Crippen LogP contribution in [0, 0.1) is 0 Å². The second-order valence-corrected chi connectivity index (χ2v) is 4.51. The monoisotopic (exact) mass is 152 g/mol. The van der Waals surface area contributed by atoms with Crippen molar-refractivity contribution < 1.29 is 8.42 Å². The molecule has 0 aliphatic rings. The average Bonchev–Trinajstić information content (AvgIpc) is 1.64. The normalized spacial score (nSPS) is 15.4. The predicted molar refractivity (Wildman–Crippen MR) is 36.5 cm³/mol. The van der Waals surface area contributed by atoms with Crippen LogP contribution >= 0.6 is 0 Å². The first kappa shape index (κ1) is 8.87. The van der Waals surface area contributed by atoms with E-state index >= 15 is 0 Å². The Labute approximate surface area is 55.3 Å². The molecule has 4 nitrogen and oxygen atoms in total. The Hall–Kier alpha value is -0.130. The van der Waals surface area contributed by atoms with E-state index in [-0.39, 0.29) is 0 Å². The van der Waals surface area contributed by atoms with Gasteiger partial charge in [-0.05, 0) is 6.92 Å². The summed E-state index contributed by atoms with van der Waals surface area (Å²) < 4.78 is 21.3. The number of hydrazine groups is 1. The van der Waals surface area contributed by atoms with Crippen LogP contribution in [0.5, 0.6) is 0 Å². The molecule has 0 fully saturated rings. The molecule has 0 bridgehead atoms. The Kier molecular flexibility index (Phi) is 3.10. The van der Waals surface area contributed by atoms with Gasteiger partial charge in [-0.15, -0.1) is 0 Å². The van der Waals surface area contributed by atoms with Gasteiger partial charge in [-0.25, -0.2) is 8.42 Å². The molecule has 0 heterocycles. The van der Waals surface area contributed by atoms with Gasteiger partial charge in [0.25, 0.3) is 0 Å². The number of nitrogens with two attached hydrogens (primary N) is 1. The summed E-state index contributed by atoms with van der Waals surface area (Å²) in [7, 11) is -2.91. The Morgan fingerprint density at radius 1 is 1.67 bits per heavy atom. The summed E-state index contributed by atoms with van der Waals surface area (Å²) >= 11 is 0. The minimum absolute atomic E-state index is 0.304. The van der Waals surface area contributed by atoms with Crippen molar-refractivity contribution in [1.29, 1.82) is 0 Å². The second kappa shape index (κ2) is 3.14. The molecule has 3 N–H and O–H groups in total. The van der Waals surface area contributed by atoms with Crippen LogP contribution in [0.25, 0.3) is 0 Å². The van der Waals surface area contributed by atoms with E-state index in [9.17, 15) is 8.42 Å². The van der Waals surface area contributed by atoms with E-state index in [0.29, 0.717) is 6.54 Å². The molecule has 0 spiro atoms. The van der Waals surface area contributed by atoms with Gasteiger partial charge < -0.3 is 0 Å². The zero-order valence-corrected chi connectivity index (χ0v) is 6.40. The van der Waals surface area contributed by atoms with E-state index < -0.39 is 15.1 Å².